The summed E-state index contributed by atoms with van der Waals surface area (Å²) in [5.41, 5.74) is 0.215. The maximum absolute atomic E-state index is 12.2. The van der Waals surface area contributed by atoms with Crippen LogP contribution in [0.4, 0.5) is 5.69 Å². The van der Waals surface area contributed by atoms with E-state index in [2.05, 4.69) is 5.32 Å². The molecule has 1 amide bonds. The maximum atomic E-state index is 12.2. The summed E-state index contributed by atoms with van der Waals surface area (Å²) in [7, 11) is -3.31. The second-order valence-electron chi connectivity index (χ2n) is 5.04. The van der Waals surface area contributed by atoms with E-state index in [1.807, 2.05) is 0 Å². The number of ether oxygens (including phenoxy) is 1. The molecule has 0 aliphatic carbocycles. The maximum Gasteiger partial charge on any atom is 1.00 e. The molecule has 2 rings (SSSR count). The number of benzene rings is 2. The fourth-order valence-electron chi connectivity index (χ4n) is 2.03. The average Bonchev–Trinajstić information content (AvgIpc) is 2.60. The Morgan fingerprint density at radius 3 is 2.59 bits per heavy atom. The summed E-state index contributed by atoms with van der Waals surface area (Å²) in [4.78, 5) is 11.7. The number of methoxy groups -OCH3 is 1. The van der Waals surface area contributed by atoms with Crippen molar-refractivity contribution >= 4 is 27.8 Å². The first-order valence-electron chi connectivity index (χ1n) is 7.10. The predicted molar refractivity (Wildman–Crippen MR) is 91.3 cm³/mol. The van der Waals surface area contributed by atoms with Gasteiger partial charge in [0.1, 0.15) is 21.8 Å². The molecular weight excluding hydrogens is 383 g/mol. The summed E-state index contributed by atoms with van der Waals surface area (Å²) >= 11 is 0. The third-order valence-corrected chi connectivity index (χ3v) is 4.09. The first-order chi connectivity index (χ1) is 12.2. The Labute approximate surface area is 178 Å². The number of phenolic OH excluding ortho intramolecular Hbond substituents is 1. The Morgan fingerprint density at radius 1 is 1.30 bits per heavy atom. The third-order valence-electron chi connectivity index (χ3n) is 3.26. The molecule has 0 heterocycles. The number of aromatic hydroxyl groups is 1. The van der Waals surface area contributed by atoms with Crippen LogP contribution >= 0.6 is 0 Å². The van der Waals surface area contributed by atoms with E-state index < -0.39 is 20.9 Å². The second-order valence-corrected chi connectivity index (χ2v) is 6.42. The fraction of sp³-hybridized carbons (Fsp3) is 0.0588. The van der Waals surface area contributed by atoms with Gasteiger partial charge in [0.05, 0.1) is 12.0 Å². The van der Waals surface area contributed by atoms with Crippen LogP contribution in [0.3, 0.4) is 0 Å². The summed E-state index contributed by atoms with van der Waals surface area (Å²) in [5.74, 6) is -0.715. The summed E-state index contributed by atoms with van der Waals surface area (Å²) in [6.07, 6.45) is 1.27. The molecular formula is C17H13N2NaO6S. The van der Waals surface area contributed by atoms with Gasteiger partial charge in [-0.1, -0.05) is 12.1 Å². The van der Waals surface area contributed by atoms with Crippen LogP contribution < -0.4 is 39.6 Å². The molecule has 0 aliphatic heterocycles. The molecule has 2 aromatic rings. The molecule has 0 fully saturated rings. The average molecular weight is 396 g/mol. The molecule has 2 aromatic carbocycles. The molecule has 27 heavy (non-hydrogen) atoms. The number of hydrogen-bond acceptors (Lipinski definition) is 7. The van der Waals surface area contributed by atoms with Crippen LogP contribution in [0.5, 0.6) is 11.5 Å². The molecule has 0 spiro atoms. The number of rotatable bonds is 5. The number of amides is 1. The molecule has 134 valence electrons. The van der Waals surface area contributed by atoms with Crippen molar-refractivity contribution in [3.05, 3.63) is 53.6 Å². The van der Waals surface area contributed by atoms with Gasteiger partial charge in [-0.05, 0) is 42.0 Å². The number of nitrogens with one attached hydrogen (secondary N) is 1. The molecule has 2 N–H and O–H groups in total. The molecule has 0 aliphatic rings. The largest absolute Gasteiger partial charge is 1.00 e. The summed E-state index contributed by atoms with van der Waals surface area (Å²) < 4.78 is 38.0. The van der Waals surface area contributed by atoms with E-state index in [0.717, 1.165) is 12.1 Å². The Hall–Kier alpha value is -2.35. The predicted octanol–water partition coefficient (Wildman–Crippen LogP) is -1.15. The zero-order chi connectivity index (χ0) is 19.3. The van der Waals surface area contributed by atoms with Gasteiger partial charge in [0.2, 0.25) is 0 Å². The standard InChI is InChI=1S/C17H14N2O6S.Na/c1-25-16-8-11(5-6-15(16)20)7-12(10-18)17(21)19-13-3-2-4-14(9-13)26(22,23)24;/h2-9,20H,1H3,(H,19,21)(H,22,23,24);/q;+1/p-1/b12-7+;. The number of carbonyl (C=O) groups excluding carboxylic acids is 1. The zero-order valence-electron chi connectivity index (χ0n) is 14.5. The van der Waals surface area contributed by atoms with Crippen molar-refractivity contribution in [2.24, 2.45) is 0 Å². The molecule has 0 saturated heterocycles. The van der Waals surface area contributed by atoms with Crippen molar-refractivity contribution in [3.8, 4) is 17.6 Å². The van der Waals surface area contributed by atoms with Crippen molar-refractivity contribution in [2.75, 3.05) is 12.4 Å². The molecule has 8 nitrogen and oxygen atoms in total. The van der Waals surface area contributed by atoms with E-state index in [0.29, 0.717) is 5.56 Å². The number of carbonyl (C=O) groups is 1. The van der Waals surface area contributed by atoms with Crippen LogP contribution in [0.25, 0.3) is 6.08 Å². The number of phenols is 1. The van der Waals surface area contributed by atoms with E-state index in [1.54, 1.807) is 6.07 Å². The zero-order valence-corrected chi connectivity index (χ0v) is 17.3. The monoisotopic (exact) mass is 396 g/mol. The molecule has 0 atom stereocenters. The summed E-state index contributed by atoms with van der Waals surface area (Å²) in [6.45, 7) is 0. The van der Waals surface area contributed by atoms with E-state index in [-0.39, 0.29) is 52.3 Å². The topological polar surface area (TPSA) is 140 Å². The quantitative estimate of drug-likeness (QED) is 0.282. The van der Waals surface area contributed by atoms with Crippen molar-refractivity contribution in [2.45, 2.75) is 4.90 Å². The molecule has 0 radical (unpaired) electrons. The van der Waals surface area contributed by atoms with Crippen molar-refractivity contribution in [1.29, 1.82) is 5.26 Å². The Kier molecular flexibility index (Phi) is 8.02. The fourth-order valence-corrected chi connectivity index (χ4v) is 2.54. The Bertz CT molecular complexity index is 1030. The number of nitrogens with zero attached hydrogens (tertiary/aromatic N) is 1. The summed E-state index contributed by atoms with van der Waals surface area (Å²) in [5, 5.41) is 21.1. The van der Waals surface area contributed by atoms with Crippen LogP contribution in [0.2, 0.25) is 0 Å². The minimum Gasteiger partial charge on any atom is -0.744 e. The van der Waals surface area contributed by atoms with Gasteiger partial charge in [-0.2, -0.15) is 5.26 Å². The van der Waals surface area contributed by atoms with Crippen LogP contribution in [0, 0.1) is 11.3 Å². The SMILES string of the molecule is COc1cc(/C=C(\C#N)C(=O)Nc2cccc(S(=O)(=O)[O-])c2)ccc1O.[Na+]. The van der Waals surface area contributed by atoms with Crippen molar-refractivity contribution in [1.82, 2.24) is 0 Å². The number of nitriles is 1. The van der Waals surface area contributed by atoms with Gasteiger partial charge in [-0.25, -0.2) is 8.42 Å². The van der Waals surface area contributed by atoms with Gasteiger partial charge in [0.25, 0.3) is 5.91 Å². The first-order valence-corrected chi connectivity index (χ1v) is 8.51. The van der Waals surface area contributed by atoms with E-state index in [4.69, 9.17) is 4.74 Å². The third kappa shape index (κ3) is 6.09. The van der Waals surface area contributed by atoms with Crippen molar-refractivity contribution in [3.63, 3.8) is 0 Å². The van der Waals surface area contributed by atoms with Crippen LogP contribution in [0.1, 0.15) is 5.56 Å². The van der Waals surface area contributed by atoms with E-state index in [1.165, 1.54) is 43.5 Å². The van der Waals surface area contributed by atoms with Crippen LogP contribution in [-0.2, 0) is 14.9 Å². The molecule has 0 bridgehead atoms. The normalized spacial score (nSPS) is 11.1. The van der Waals surface area contributed by atoms with Crippen molar-refractivity contribution < 1.29 is 57.2 Å². The molecule has 0 unspecified atom stereocenters. The van der Waals surface area contributed by atoms with Gasteiger partial charge in [-0.3, -0.25) is 4.79 Å². The smallest absolute Gasteiger partial charge is 0.744 e. The van der Waals surface area contributed by atoms with Gasteiger partial charge in [0, 0.05) is 5.69 Å². The van der Waals surface area contributed by atoms with Gasteiger partial charge in [0.15, 0.2) is 11.5 Å². The van der Waals surface area contributed by atoms with Crippen LogP contribution in [-0.4, -0.2) is 31.1 Å². The second kappa shape index (κ2) is 9.55. The van der Waals surface area contributed by atoms with Gasteiger partial charge >= 0.3 is 29.6 Å². The van der Waals surface area contributed by atoms with E-state index >= 15 is 0 Å². The molecule has 0 aromatic heterocycles. The Morgan fingerprint density at radius 2 is 2.00 bits per heavy atom. The minimum absolute atomic E-state index is 0. The summed E-state index contributed by atoms with van der Waals surface area (Å²) in [6, 6.07) is 10.8. The minimum atomic E-state index is -4.67. The number of hydrogen-bond donors (Lipinski definition) is 2. The van der Waals surface area contributed by atoms with E-state index in [9.17, 15) is 28.1 Å². The number of anilines is 1. The first kappa shape index (κ1) is 22.7. The van der Waals surface area contributed by atoms with Gasteiger partial charge < -0.3 is 19.7 Å². The van der Waals surface area contributed by atoms with Crippen LogP contribution in [0.15, 0.2) is 52.9 Å². The Balaban J connectivity index is 0.00000364. The van der Waals surface area contributed by atoms with Gasteiger partial charge in [-0.15, -0.1) is 0 Å². The molecule has 10 heteroatoms. The molecule has 0 saturated carbocycles.